The number of nitrogens with one attached hydrogen (secondary N) is 2. The van der Waals surface area contributed by atoms with Crippen LogP contribution in [0.3, 0.4) is 0 Å². The van der Waals surface area contributed by atoms with E-state index in [2.05, 4.69) is 10.6 Å². The van der Waals surface area contributed by atoms with Crippen LogP contribution in [-0.4, -0.2) is 64.9 Å². The number of rotatable bonds is 15. The molecule has 0 aliphatic rings. The largest absolute Gasteiger partial charge is 0.497 e. The molecule has 0 fully saturated rings. The molecule has 3 atom stereocenters. The Hall–Kier alpha value is -3.73. The molecule has 3 N–H and O–H groups in total. The number of hydrogen-bond acceptors (Lipinski definition) is 7. The number of amides is 2. The molecule has 11 heteroatoms. The van der Waals surface area contributed by atoms with Crippen molar-refractivity contribution >= 4 is 34.4 Å². The van der Waals surface area contributed by atoms with E-state index in [1.807, 2.05) is 6.07 Å². The summed E-state index contributed by atoms with van der Waals surface area (Å²) >= 11 is 0. The van der Waals surface area contributed by atoms with Gasteiger partial charge in [0.05, 0.1) is 38.9 Å². The quantitative estimate of drug-likeness (QED) is 0.307. The van der Waals surface area contributed by atoms with Crippen molar-refractivity contribution in [2.45, 2.75) is 44.5 Å². The molecular formula is C27H34N2O8S. The van der Waals surface area contributed by atoms with E-state index in [1.165, 1.54) is 14.2 Å². The Morgan fingerprint density at radius 1 is 0.974 bits per heavy atom. The topological polar surface area (TPSA) is 148 Å². The van der Waals surface area contributed by atoms with Crippen molar-refractivity contribution in [1.82, 2.24) is 10.6 Å². The van der Waals surface area contributed by atoms with Gasteiger partial charge in [-0.05, 0) is 29.7 Å². The lowest BCUT2D eigenvalue weighted by Crippen LogP contribution is -2.54. The number of hydrogen-bond donors (Lipinski definition) is 3. The normalized spacial score (nSPS) is 13.2. The molecule has 2 amide bonds. The van der Waals surface area contributed by atoms with Gasteiger partial charge in [-0.3, -0.25) is 23.4 Å². The predicted octanol–water partition coefficient (Wildman–Crippen LogP) is 1.86. The van der Waals surface area contributed by atoms with E-state index in [-0.39, 0.29) is 18.1 Å². The maximum atomic E-state index is 13.1. The third-order valence-electron chi connectivity index (χ3n) is 5.66. The summed E-state index contributed by atoms with van der Waals surface area (Å²) in [6.07, 6.45) is -0.778. The van der Waals surface area contributed by atoms with Crippen LogP contribution in [0.4, 0.5) is 0 Å². The third kappa shape index (κ3) is 9.62. The van der Waals surface area contributed by atoms with Crippen LogP contribution in [0.2, 0.25) is 0 Å². The summed E-state index contributed by atoms with van der Waals surface area (Å²) in [7, 11) is 1.37. The van der Waals surface area contributed by atoms with Crippen molar-refractivity contribution in [3.63, 3.8) is 0 Å². The second-order valence-electron chi connectivity index (χ2n) is 8.98. The zero-order valence-electron chi connectivity index (χ0n) is 21.9. The molecule has 0 saturated heterocycles. The fourth-order valence-electron chi connectivity index (χ4n) is 3.70. The molecular weight excluding hydrogens is 512 g/mol. The summed E-state index contributed by atoms with van der Waals surface area (Å²) in [5.74, 6) is -2.81. The molecule has 2 aromatic rings. The Morgan fingerprint density at radius 2 is 1.66 bits per heavy atom. The highest BCUT2D eigenvalue weighted by molar-refractivity contribution is 7.84. The molecule has 38 heavy (non-hydrogen) atoms. The van der Waals surface area contributed by atoms with E-state index >= 15 is 0 Å². The average molecular weight is 547 g/mol. The lowest BCUT2D eigenvalue weighted by molar-refractivity contribution is -0.140. The predicted molar refractivity (Wildman–Crippen MR) is 142 cm³/mol. The number of ketones is 1. The number of ether oxygens (including phenoxy) is 2. The minimum atomic E-state index is -1.59. The first-order valence-electron chi connectivity index (χ1n) is 12.0. The molecule has 0 bridgehead atoms. The van der Waals surface area contributed by atoms with Gasteiger partial charge in [-0.25, -0.2) is 0 Å². The molecule has 10 nitrogen and oxygen atoms in total. The molecule has 0 aliphatic heterocycles. The van der Waals surface area contributed by atoms with Crippen LogP contribution in [0.1, 0.15) is 31.4 Å². The van der Waals surface area contributed by atoms with Gasteiger partial charge in [0, 0.05) is 22.1 Å². The molecule has 0 saturated carbocycles. The Balaban J connectivity index is 2.09. The van der Waals surface area contributed by atoms with Crippen molar-refractivity contribution in [1.29, 1.82) is 0 Å². The number of benzene rings is 2. The monoisotopic (exact) mass is 546 g/mol. The SMILES string of the molecule is COc1ccc(OC)c(CC(=O)N[C@H](C(=O)NC(CC(=O)O)C(=O)CS(=O)Cc2ccccc2)C(C)C)c1. The van der Waals surface area contributed by atoms with Crippen molar-refractivity contribution in [3.8, 4) is 11.5 Å². The zero-order chi connectivity index (χ0) is 28.2. The molecule has 0 heterocycles. The first-order valence-corrected chi connectivity index (χ1v) is 13.5. The maximum Gasteiger partial charge on any atom is 0.305 e. The summed E-state index contributed by atoms with van der Waals surface area (Å²) in [5, 5.41) is 14.4. The van der Waals surface area contributed by atoms with E-state index in [1.54, 1.807) is 56.3 Å². The smallest absolute Gasteiger partial charge is 0.305 e. The number of methoxy groups -OCH3 is 2. The number of carboxylic acids is 1. The van der Waals surface area contributed by atoms with E-state index in [0.29, 0.717) is 17.1 Å². The Labute approximate surface area is 224 Å². The fraction of sp³-hybridized carbons (Fsp3) is 0.407. The first-order chi connectivity index (χ1) is 18.0. The van der Waals surface area contributed by atoms with E-state index in [9.17, 15) is 28.5 Å². The van der Waals surface area contributed by atoms with Gasteiger partial charge in [-0.1, -0.05) is 44.2 Å². The minimum absolute atomic E-state index is 0.104. The van der Waals surface area contributed by atoms with Crippen molar-refractivity contribution in [3.05, 3.63) is 59.7 Å². The number of aliphatic carboxylic acids is 1. The standard InChI is InChI=1S/C27H34N2O8S/c1-17(2)26(29-24(31)13-19-12-20(36-3)10-11-23(19)37-4)27(34)28-21(14-25(32)33)22(30)16-38(35)15-18-8-6-5-7-9-18/h5-12,17,21,26H,13-16H2,1-4H3,(H,28,34)(H,29,31)(H,32,33)/t21?,26-,38?/m0/s1. The first kappa shape index (κ1) is 30.5. The molecule has 0 aliphatic carbocycles. The van der Waals surface area contributed by atoms with E-state index in [0.717, 1.165) is 5.56 Å². The van der Waals surface area contributed by atoms with Crippen LogP contribution in [0, 0.1) is 5.92 Å². The highest BCUT2D eigenvalue weighted by atomic mass is 32.2. The minimum Gasteiger partial charge on any atom is -0.497 e. The summed E-state index contributed by atoms with van der Waals surface area (Å²) in [4.78, 5) is 50.1. The van der Waals surface area contributed by atoms with E-state index < -0.39 is 58.6 Å². The Bertz CT molecular complexity index is 1150. The number of carbonyl (C=O) groups excluding carboxylic acids is 3. The molecule has 206 valence electrons. The van der Waals surface area contributed by atoms with E-state index in [4.69, 9.17) is 9.47 Å². The van der Waals surface area contributed by atoms with Gasteiger partial charge < -0.3 is 25.2 Å². The molecule has 0 radical (unpaired) electrons. The molecule has 2 rings (SSSR count). The molecule has 2 aromatic carbocycles. The van der Waals surface area contributed by atoms with Crippen molar-refractivity contribution < 1.29 is 38.0 Å². The maximum absolute atomic E-state index is 13.1. The van der Waals surface area contributed by atoms with Crippen molar-refractivity contribution in [2.75, 3.05) is 20.0 Å². The third-order valence-corrected chi connectivity index (χ3v) is 6.92. The van der Waals surface area contributed by atoms with Crippen LogP contribution in [0.25, 0.3) is 0 Å². The molecule has 0 aromatic heterocycles. The number of carbonyl (C=O) groups is 4. The summed E-state index contributed by atoms with van der Waals surface area (Å²) in [6, 6.07) is 11.5. The van der Waals surface area contributed by atoms with Gasteiger partial charge in [0.25, 0.3) is 0 Å². The van der Waals surface area contributed by atoms with Crippen LogP contribution in [-0.2, 0) is 42.2 Å². The summed E-state index contributed by atoms with van der Waals surface area (Å²) < 4.78 is 23.0. The number of Topliss-reactive ketones (excluding diaryl/α,β-unsaturated/α-hetero) is 1. The lowest BCUT2D eigenvalue weighted by Gasteiger charge is -2.24. The number of carboxylic acid groups (broad SMARTS) is 1. The Kier molecular flexibility index (Phi) is 11.9. The van der Waals surface area contributed by atoms with Crippen molar-refractivity contribution in [2.24, 2.45) is 5.92 Å². The van der Waals surface area contributed by atoms with Gasteiger partial charge in [0.1, 0.15) is 17.5 Å². The van der Waals surface area contributed by atoms with Gasteiger partial charge in [-0.2, -0.15) is 0 Å². The second kappa shape index (κ2) is 14.9. The fourth-order valence-corrected chi connectivity index (χ4v) is 4.89. The second-order valence-corrected chi connectivity index (χ2v) is 10.4. The molecule has 2 unspecified atom stereocenters. The zero-order valence-corrected chi connectivity index (χ0v) is 22.7. The van der Waals surface area contributed by atoms with Crippen LogP contribution < -0.4 is 20.1 Å². The van der Waals surface area contributed by atoms with Gasteiger partial charge in [0.15, 0.2) is 5.78 Å². The lowest BCUT2D eigenvalue weighted by atomic mass is 10.0. The Morgan fingerprint density at radius 3 is 2.24 bits per heavy atom. The average Bonchev–Trinajstić information content (AvgIpc) is 2.86. The highest BCUT2D eigenvalue weighted by Gasteiger charge is 2.30. The van der Waals surface area contributed by atoms with Gasteiger partial charge >= 0.3 is 5.97 Å². The summed E-state index contributed by atoms with van der Waals surface area (Å²) in [6.45, 7) is 3.42. The van der Waals surface area contributed by atoms with Gasteiger partial charge in [0.2, 0.25) is 11.8 Å². The molecule has 0 spiro atoms. The van der Waals surface area contributed by atoms with Crippen LogP contribution in [0.15, 0.2) is 48.5 Å². The highest BCUT2D eigenvalue weighted by Crippen LogP contribution is 2.24. The van der Waals surface area contributed by atoms with Gasteiger partial charge in [-0.15, -0.1) is 0 Å². The summed E-state index contributed by atoms with van der Waals surface area (Å²) in [5.41, 5.74) is 1.32. The van der Waals surface area contributed by atoms with Crippen LogP contribution in [0.5, 0.6) is 11.5 Å². The van der Waals surface area contributed by atoms with Crippen LogP contribution >= 0.6 is 0 Å².